The van der Waals surface area contributed by atoms with E-state index in [9.17, 15) is 0 Å². The van der Waals surface area contributed by atoms with Crippen LogP contribution in [-0.4, -0.2) is 9.97 Å². The highest BCUT2D eigenvalue weighted by Gasteiger charge is 1.95. The standard InChI is InChI=1S/C8H9N3.ClH/c9-5-7-2-1-6-3-4-10-8(6)11-7;/h1-4H,5,9H2,(H,10,11);1H. The molecule has 2 aromatic heterocycles. The van der Waals surface area contributed by atoms with Crippen molar-refractivity contribution in [2.75, 3.05) is 0 Å². The van der Waals surface area contributed by atoms with Crippen LogP contribution in [0.4, 0.5) is 0 Å². The molecule has 0 aliphatic carbocycles. The summed E-state index contributed by atoms with van der Waals surface area (Å²) in [4.78, 5) is 7.30. The van der Waals surface area contributed by atoms with Crippen LogP contribution in [-0.2, 0) is 6.54 Å². The number of hydrogen-bond acceptors (Lipinski definition) is 2. The predicted octanol–water partition coefficient (Wildman–Crippen LogP) is 1.44. The fourth-order valence-electron chi connectivity index (χ4n) is 1.08. The van der Waals surface area contributed by atoms with Crippen LogP contribution in [0.1, 0.15) is 5.69 Å². The minimum absolute atomic E-state index is 0. The zero-order valence-electron chi connectivity index (χ0n) is 6.45. The van der Waals surface area contributed by atoms with Crippen molar-refractivity contribution in [3.63, 3.8) is 0 Å². The fraction of sp³-hybridized carbons (Fsp3) is 0.125. The average Bonchev–Trinajstić information content (AvgIpc) is 2.50. The van der Waals surface area contributed by atoms with E-state index in [1.54, 1.807) is 0 Å². The molecule has 0 radical (unpaired) electrons. The molecule has 2 heterocycles. The van der Waals surface area contributed by atoms with Crippen LogP contribution >= 0.6 is 12.4 Å². The molecular weight excluding hydrogens is 174 g/mol. The van der Waals surface area contributed by atoms with Crippen molar-refractivity contribution < 1.29 is 0 Å². The number of nitrogens with two attached hydrogens (primary N) is 1. The van der Waals surface area contributed by atoms with Crippen molar-refractivity contribution in [1.82, 2.24) is 9.97 Å². The number of nitrogens with one attached hydrogen (secondary N) is 1. The van der Waals surface area contributed by atoms with E-state index in [0.717, 1.165) is 16.7 Å². The van der Waals surface area contributed by atoms with Crippen LogP contribution in [0.5, 0.6) is 0 Å². The first-order valence-corrected chi connectivity index (χ1v) is 3.53. The highest BCUT2D eigenvalue weighted by Crippen LogP contribution is 2.09. The maximum atomic E-state index is 5.43. The molecule has 12 heavy (non-hydrogen) atoms. The zero-order valence-corrected chi connectivity index (χ0v) is 7.27. The lowest BCUT2D eigenvalue weighted by molar-refractivity contribution is 1.00. The van der Waals surface area contributed by atoms with Gasteiger partial charge in [0.15, 0.2) is 0 Å². The van der Waals surface area contributed by atoms with Gasteiger partial charge in [-0.3, -0.25) is 0 Å². The third kappa shape index (κ3) is 1.42. The molecule has 0 amide bonds. The van der Waals surface area contributed by atoms with E-state index < -0.39 is 0 Å². The van der Waals surface area contributed by atoms with Crippen molar-refractivity contribution in [3.05, 3.63) is 30.1 Å². The average molecular weight is 184 g/mol. The van der Waals surface area contributed by atoms with E-state index in [4.69, 9.17) is 5.73 Å². The number of nitrogens with zero attached hydrogens (tertiary/aromatic N) is 1. The number of H-pyrrole nitrogens is 1. The van der Waals surface area contributed by atoms with Gasteiger partial charge in [0, 0.05) is 18.1 Å². The first-order valence-electron chi connectivity index (χ1n) is 3.53. The molecule has 4 heteroatoms. The Morgan fingerprint density at radius 2 is 2.17 bits per heavy atom. The van der Waals surface area contributed by atoms with E-state index in [-0.39, 0.29) is 12.4 Å². The number of pyridine rings is 1. The predicted molar refractivity (Wildman–Crippen MR) is 51.2 cm³/mol. The second kappa shape index (κ2) is 3.56. The Morgan fingerprint density at radius 3 is 2.92 bits per heavy atom. The topological polar surface area (TPSA) is 54.7 Å². The largest absolute Gasteiger partial charge is 0.346 e. The minimum Gasteiger partial charge on any atom is -0.346 e. The van der Waals surface area contributed by atoms with Crippen molar-refractivity contribution in [1.29, 1.82) is 0 Å². The monoisotopic (exact) mass is 183 g/mol. The Kier molecular flexibility index (Phi) is 2.68. The van der Waals surface area contributed by atoms with Crippen LogP contribution in [0.2, 0.25) is 0 Å². The van der Waals surface area contributed by atoms with Crippen LogP contribution in [0.25, 0.3) is 11.0 Å². The van der Waals surface area contributed by atoms with Gasteiger partial charge >= 0.3 is 0 Å². The van der Waals surface area contributed by atoms with Gasteiger partial charge in [0.05, 0.1) is 5.69 Å². The summed E-state index contributed by atoms with van der Waals surface area (Å²) >= 11 is 0. The first kappa shape index (κ1) is 9.03. The van der Waals surface area contributed by atoms with E-state index in [0.29, 0.717) is 6.54 Å². The van der Waals surface area contributed by atoms with E-state index >= 15 is 0 Å². The number of aromatic nitrogens is 2. The summed E-state index contributed by atoms with van der Waals surface area (Å²) in [6, 6.07) is 5.94. The van der Waals surface area contributed by atoms with Gasteiger partial charge < -0.3 is 10.7 Å². The summed E-state index contributed by atoms with van der Waals surface area (Å²) in [5, 5.41) is 1.13. The number of rotatable bonds is 1. The summed E-state index contributed by atoms with van der Waals surface area (Å²) in [7, 11) is 0. The van der Waals surface area contributed by atoms with Crippen molar-refractivity contribution >= 4 is 23.4 Å². The molecule has 0 saturated carbocycles. The van der Waals surface area contributed by atoms with Crippen molar-refractivity contribution in [2.24, 2.45) is 5.73 Å². The molecule has 0 bridgehead atoms. The lowest BCUT2D eigenvalue weighted by Gasteiger charge is -1.93. The SMILES string of the molecule is Cl.NCc1ccc2cc[nH]c2n1. The normalized spacial score (nSPS) is 9.75. The Balaban J connectivity index is 0.000000720. The molecule has 0 saturated heterocycles. The van der Waals surface area contributed by atoms with Gasteiger partial charge in [-0.1, -0.05) is 0 Å². The van der Waals surface area contributed by atoms with Crippen LogP contribution < -0.4 is 5.73 Å². The highest BCUT2D eigenvalue weighted by atomic mass is 35.5. The molecule has 0 aliphatic rings. The van der Waals surface area contributed by atoms with Gasteiger partial charge in [-0.05, 0) is 18.2 Å². The second-order valence-electron chi connectivity index (χ2n) is 2.42. The number of halogens is 1. The third-order valence-corrected chi connectivity index (χ3v) is 1.68. The van der Waals surface area contributed by atoms with Crippen LogP contribution in [0, 0.1) is 0 Å². The molecule has 0 aliphatic heterocycles. The lowest BCUT2D eigenvalue weighted by Crippen LogP contribution is -1.98. The van der Waals surface area contributed by atoms with Gasteiger partial charge in [0.2, 0.25) is 0 Å². The number of fused-ring (bicyclic) bond motifs is 1. The maximum Gasteiger partial charge on any atom is 0.137 e. The molecule has 0 aromatic carbocycles. The highest BCUT2D eigenvalue weighted by molar-refractivity contribution is 5.85. The van der Waals surface area contributed by atoms with E-state index in [2.05, 4.69) is 9.97 Å². The number of hydrogen-bond donors (Lipinski definition) is 2. The lowest BCUT2D eigenvalue weighted by atomic mass is 10.3. The van der Waals surface area contributed by atoms with Gasteiger partial charge in [-0.2, -0.15) is 0 Å². The summed E-state index contributed by atoms with van der Waals surface area (Å²) in [5.74, 6) is 0. The van der Waals surface area contributed by atoms with Crippen molar-refractivity contribution in [3.8, 4) is 0 Å². The van der Waals surface area contributed by atoms with E-state index in [1.165, 1.54) is 0 Å². The summed E-state index contributed by atoms with van der Waals surface area (Å²) in [5.41, 5.74) is 7.26. The zero-order chi connectivity index (χ0) is 7.68. The van der Waals surface area contributed by atoms with Gasteiger partial charge in [-0.15, -0.1) is 12.4 Å². The molecule has 2 rings (SSSR count). The summed E-state index contributed by atoms with van der Waals surface area (Å²) in [6.07, 6.45) is 1.87. The molecule has 0 atom stereocenters. The Labute approximate surface area is 76.4 Å². The molecule has 3 N–H and O–H groups in total. The van der Waals surface area contributed by atoms with Crippen LogP contribution in [0.15, 0.2) is 24.4 Å². The minimum atomic E-state index is 0. The molecule has 0 spiro atoms. The van der Waals surface area contributed by atoms with Gasteiger partial charge in [-0.25, -0.2) is 4.98 Å². The second-order valence-corrected chi connectivity index (χ2v) is 2.42. The Bertz CT molecular complexity index is 369. The smallest absolute Gasteiger partial charge is 0.137 e. The Hall–Kier alpha value is -1.06. The van der Waals surface area contributed by atoms with Crippen LogP contribution in [0.3, 0.4) is 0 Å². The number of aromatic amines is 1. The maximum absolute atomic E-state index is 5.43. The summed E-state index contributed by atoms with van der Waals surface area (Å²) in [6.45, 7) is 0.495. The molecule has 0 unspecified atom stereocenters. The van der Waals surface area contributed by atoms with Crippen molar-refractivity contribution in [2.45, 2.75) is 6.54 Å². The molecule has 3 nitrogen and oxygen atoms in total. The van der Waals surface area contributed by atoms with Gasteiger partial charge in [0.1, 0.15) is 5.65 Å². The fourth-order valence-corrected chi connectivity index (χ4v) is 1.08. The molecule has 64 valence electrons. The Morgan fingerprint density at radius 1 is 1.33 bits per heavy atom. The summed E-state index contributed by atoms with van der Waals surface area (Å²) < 4.78 is 0. The molecule has 0 fully saturated rings. The molecule has 2 aromatic rings. The first-order chi connectivity index (χ1) is 5.40. The molecular formula is C8H10ClN3. The quantitative estimate of drug-likeness (QED) is 0.703. The third-order valence-electron chi connectivity index (χ3n) is 1.68. The van der Waals surface area contributed by atoms with Gasteiger partial charge in [0.25, 0.3) is 0 Å². The van der Waals surface area contributed by atoms with E-state index in [1.807, 2.05) is 24.4 Å².